The molecule has 0 saturated carbocycles. The molecule has 2 aromatic carbocycles. The lowest BCUT2D eigenvalue weighted by Crippen LogP contribution is -2.05. The number of hydrogen-bond acceptors (Lipinski definition) is 4. The zero-order valence-corrected chi connectivity index (χ0v) is 9.30. The Morgan fingerprint density at radius 1 is 0.765 bits per heavy atom. The van der Waals surface area contributed by atoms with Gasteiger partial charge in [0.1, 0.15) is 11.5 Å². The Bertz CT molecular complexity index is 455. The maximum absolute atomic E-state index is 5.62. The summed E-state index contributed by atoms with van der Waals surface area (Å²) in [5.41, 5.74) is 12.6. The van der Waals surface area contributed by atoms with Gasteiger partial charge in [-0.2, -0.15) is 0 Å². The zero-order valence-electron chi connectivity index (χ0n) is 9.30. The van der Waals surface area contributed by atoms with Crippen LogP contribution in [0.25, 0.3) is 0 Å². The lowest BCUT2D eigenvalue weighted by molar-refractivity contribution is 0.120. The predicted molar refractivity (Wildman–Crippen MR) is 67.8 cm³/mol. The van der Waals surface area contributed by atoms with Crippen molar-refractivity contribution in [3.63, 3.8) is 0 Å². The molecule has 0 unspecified atom stereocenters. The third kappa shape index (κ3) is 3.31. The lowest BCUT2D eigenvalue weighted by Gasteiger charge is -2.09. The highest BCUT2D eigenvalue weighted by Crippen LogP contribution is 2.17. The highest BCUT2D eigenvalue weighted by molar-refractivity contribution is 5.44. The van der Waals surface area contributed by atoms with Crippen LogP contribution in [-0.2, 0) is 0 Å². The molecule has 4 heteroatoms. The molecule has 0 aromatic heterocycles. The van der Waals surface area contributed by atoms with E-state index in [9.17, 15) is 0 Å². The summed E-state index contributed by atoms with van der Waals surface area (Å²) in [4.78, 5) is 0. The fourth-order valence-electron chi connectivity index (χ4n) is 1.37. The fraction of sp³-hybridized carbons (Fsp3) is 0.0769. The van der Waals surface area contributed by atoms with Crippen molar-refractivity contribution in [2.24, 2.45) is 0 Å². The van der Waals surface area contributed by atoms with Gasteiger partial charge in [-0.1, -0.05) is 12.1 Å². The van der Waals surface area contributed by atoms with Gasteiger partial charge in [-0.3, -0.25) is 0 Å². The zero-order chi connectivity index (χ0) is 12.1. The van der Waals surface area contributed by atoms with Crippen molar-refractivity contribution >= 4 is 11.4 Å². The molecule has 0 bridgehead atoms. The second kappa shape index (κ2) is 5.12. The van der Waals surface area contributed by atoms with Gasteiger partial charge in [0, 0.05) is 23.5 Å². The number of nitrogen functional groups attached to an aromatic ring is 2. The first-order valence-corrected chi connectivity index (χ1v) is 5.21. The molecule has 0 aliphatic heterocycles. The van der Waals surface area contributed by atoms with Crippen LogP contribution in [0.5, 0.6) is 11.5 Å². The van der Waals surface area contributed by atoms with Gasteiger partial charge in [-0.05, 0) is 24.3 Å². The minimum atomic E-state index is 0.118. The van der Waals surface area contributed by atoms with Gasteiger partial charge in [0.15, 0.2) is 0 Å². The second-order valence-electron chi connectivity index (χ2n) is 3.55. The molecule has 0 aliphatic rings. The van der Waals surface area contributed by atoms with Gasteiger partial charge < -0.3 is 20.9 Å². The monoisotopic (exact) mass is 230 g/mol. The maximum Gasteiger partial charge on any atom is 0.230 e. The average molecular weight is 230 g/mol. The Morgan fingerprint density at radius 3 is 1.65 bits per heavy atom. The van der Waals surface area contributed by atoms with E-state index in [-0.39, 0.29) is 6.79 Å². The highest BCUT2D eigenvalue weighted by Gasteiger charge is 1.96. The first kappa shape index (κ1) is 11.1. The minimum Gasteiger partial charge on any atom is -0.457 e. The van der Waals surface area contributed by atoms with E-state index < -0.39 is 0 Å². The van der Waals surface area contributed by atoms with E-state index in [1.54, 1.807) is 24.3 Å². The molecule has 2 rings (SSSR count). The van der Waals surface area contributed by atoms with Crippen molar-refractivity contribution in [1.82, 2.24) is 0 Å². The van der Waals surface area contributed by atoms with E-state index in [0.29, 0.717) is 22.9 Å². The van der Waals surface area contributed by atoms with Crippen molar-refractivity contribution in [2.75, 3.05) is 18.3 Å². The topological polar surface area (TPSA) is 70.5 Å². The number of benzene rings is 2. The van der Waals surface area contributed by atoms with Crippen LogP contribution in [0.15, 0.2) is 48.5 Å². The van der Waals surface area contributed by atoms with Crippen molar-refractivity contribution < 1.29 is 9.47 Å². The number of hydrogen-bond donors (Lipinski definition) is 2. The van der Waals surface area contributed by atoms with Crippen LogP contribution >= 0.6 is 0 Å². The summed E-state index contributed by atoms with van der Waals surface area (Å²) < 4.78 is 10.8. The third-order valence-corrected chi connectivity index (χ3v) is 2.17. The average Bonchev–Trinajstić information content (AvgIpc) is 2.29. The molecule has 0 radical (unpaired) electrons. The predicted octanol–water partition coefficient (Wildman–Crippen LogP) is 2.27. The Kier molecular flexibility index (Phi) is 3.35. The Morgan fingerprint density at radius 2 is 1.24 bits per heavy atom. The summed E-state index contributed by atoms with van der Waals surface area (Å²) in [7, 11) is 0. The van der Waals surface area contributed by atoms with E-state index in [2.05, 4.69) is 0 Å². The molecule has 0 aliphatic carbocycles. The summed E-state index contributed by atoms with van der Waals surface area (Å²) in [6, 6.07) is 14.4. The summed E-state index contributed by atoms with van der Waals surface area (Å²) in [6.07, 6.45) is 0. The number of rotatable bonds is 4. The van der Waals surface area contributed by atoms with Crippen LogP contribution in [0.4, 0.5) is 11.4 Å². The fourth-order valence-corrected chi connectivity index (χ4v) is 1.37. The van der Waals surface area contributed by atoms with E-state index in [0.717, 1.165) is 0 Å². The molecule has 0 amide bonds. The molecule has 4 N–H and O–H groups in total. The number of nitrogens with two attached hydrogens (primary N) is 2. The van der Waals surface area contributed by atoms with Crippen LogP contribution in [0, 0.1) is 0 Å². The van der Waals surface area contributed by atoms with E-state index in [1.165, 1.54) is 0 Å². The van der Waals surface area contributed by atoms with Gasteiger partial charge >= 0.3 is 0 Å². The van der Waals surface area contributed by atoms with E-state index in [1.807, 2.05) is 24.3 Å². The Balaban J connectivity index is 1.87. The van der Waals surface area contributed by atoms with Gasteiger partial charge in [-0.25, -0.2) is 0 Å². The summed E-state index contributed by atoms with van der Waals surface area (Å²) >= 11 is 0. The second-order valence-corrected chi connectivity index (χ2v) is 3.55. The SMILES string of the molecule is Nc1cccc(OCOc2cccc(N)c2)c1. The molecule has 2 aromatic rings. The normalized spacial score (nSPS) is 9.88. The van der Waals surface area contributed by atoms with Gasteiger partial charge in [0.05, 0.1) is 0 Å². The highest BCUT2D eigenvalue weighted by atomic mass is 16.7. The summed E-state index contributed by atoms with van der Waals surface area (Å²) in [5.74, 6) is 1.35. The number of ether oxygens (including phenoxy) is 2. The molecule has 0 saturated heterocycles. The van der Waals surface area contributed by atoms with Crippen LogP contribution in [0.1, 0.15) is 0 Å². The Hall–Kier alpha value is -2.36. The van der Waals surface area contributed by atoms with E-state index >= 15 is 0 Å². The molecule has 88 valence electrons. The summed E-state index contributed by atoms with van der Waals surface area (Å²) in [5, 5.41) is 0. The van der Waals surface area contributed by atoms with Crippen LogP contribution in [0.2, 0.25) is 0 Å². The van der Waals surface area contributed by atoms with Crippen LogP contribution in [0.3, 0.4) is 0 Å². The molecule has 17 heavy (non-hydrogen) atoms. The molecule has 0 heterocycles. The lowest BCUT2D eigenvalue weighted by atomic mass is 10.3. The molecule has 4 nitrogen and oxygen atoms in total. The third-order valence-electron chi connectivity index (χ3n) is 2.17. The molecular formula is C13H14N2O2. The van der Waals surface area contributed by atoms with Crippen molar-refractivity contribution in [3.8, 4) is 11.5 Å². The van der Waals surface area contributed by atoms with Gasteiger partial charge in [-0.15, -0.1) is 0 Å². The van der Waals surface area contributed by atoms with Crippen molar-refractivity contribution in [2.45, 2.75) is 0 Å². The molecular weight excluding hydrogens is 216 g/mol. The standard InChI is InChI=1S/C13H14N2O2/c14-10-3-1-5-12(7-10)16-9-17-13-6-2-4-11(15)8-13/h1-8H,9,14-15H2. The number of anilines is 2. The van der Waals surface area contributed by atoms with Gasteiger partial charge in [0.2, 0.25) is 6.79 Å². The quantitative estimate of drug-likeness (QED) is 0.624. The largest absolute Gasteiger partial charge is 0.457 e. The molecule has 0 spiro atoms. The smallest absolute Gasteiger partial charge is 0.230 e. The molecule has 0 fully saturated rings. The van der Waals surface area contributed by atoms with Crippen LogP contribution in [-0.4, -0.2) is 6.79 Å². The Labute approximate surface area is 99.8 Å². The maximum atomic E-state index is 5.62. The first-order chi connectivity index (χ1) is 8.24. The van der Waals surface area contributed by atoms with Gasteiger partial charge in [0.25, 0.3) is 0 Å². The van der Waals surface area contributed by atoms with Crippen molar-refractivity contribution in [1.29, 1.82) is 0 Å². The first-order valence-electron chi connectivity index (χ1n) is 5.21. The van der Waals surface area contributed by atoms with E-state index in [4.69, 9.17) is 20.9 Å². The minimum absolute atomic E-state index is 0.118. The molecule has 0 atom stereocenters. The van der Waals surface area contributed by atoms with Crippen LogP contribution < -0.4 is 20.9 Å². The summed E-state index contributed by atoms with van der Waals surface area (Å²) in [6.45, 7) is 0.118. The van der Waals surface area contributed by atoms with Crippen molar-refractivity contribution in [3.05, 3.63) is 48.5 Å².